The van der Waals surface area contributed by atoms with Crippen molar-refractivity contribution in [1.82, 2.24) is 14.5 Å². The molecule has 174 valence electrons. The van der Waals surface area contributed by atoms with Crippen LogP contribution in [0.5, 0.6) is 0 Å². The van der Waals surface area contributed by atoms with Crippen LogP contribution >= 0.6 is 11.8 Å². The van der Waals surface area contributed by atoms with Crippen LogP contribution in [-0.2, 0) is 24.3 Å². The summed E-state index contributed by atoms with van der Waals surface area (Å²) >= 11 is 1.31. The molecule has 3 aliphatic heterocycles. The normalized spacial score (nSPS) is 25.3. The number of hydrogen-bond acceptors (Lipinski definition) is 7. The van der Waals surface area contributed by atoms with Crippen LogP contribution in [0.2, 0.25) is 0 Å². The van der Waals surface area contributed by atoms with Crippen molar-refractivity contribution in [2.24, 2.45) is 16.8 Å². The first-order chi connectivity index (χ1) is 14.8. The summed E-state index contributed by atoms with van der Waals surface area (Å²) in [6.45, 7) is 8.15. The van der Waals surface area contributed by atoms with E-state index in [9.17, 15) is 18.0 Å². The molecule has 2 atom stereocenters. The molecule has 11 heteroatoms. The van der Waals surface area contributed by atoms with Gasteiger partial charge < -0.3 is 10.1 Å². The highest BCUT2D eigenvalue weighted by Crippen LogP contribution is 2.47. The molecule has 1 fully saturated rings. The Hall–Kier alpha value is -1.43. The topological polar surface area (TPSA) is 108 Å². The SMILES string of the molecule is CCOCCCNC(=O)CN1C=NC2SC(C)=C(S(=O)(=O)N3CCC(C)CC3)C2C1=O. The van der Waals surface area contributed by atoms with Crippen LogP contribution in [-0.4, -0.2) is 80.5 Å². The number of carbonyl (C=O) groups excluding carboxylic acids is 2. The van der Waals surface area contributed by atoms with Crippen molar-refractivity contribution < 1.29 is 22.7 Å². The van der Waals surface area contributed by atoms with E-state index in [0.29, 0.717) is 50.1 Å². The van der Waals surface area contributed by atoms with Gasteiger partial charge in [-0.05, 0) is 39.0 Å². The maximum atomic E-state index is 13.4. The molecule has 0 aliphatic carbocycles. The zero-order valence-corrected chi connectivity index (χ0v) is 20.0. The van der Waals surface area contributed by atoms with Gasteiger partial charge in [0, 0.05) is 37.8 Å². The van der Waals surface area contributed by atoms with Crippen LogP contribution in [0.1, 0.15) is 40.0 Å². The summed E-state index contributed by atoms with van der Waals surface area (Å²) in [5, 5.41) is 2.26. The van der Waals surface area contributed by atoms with Crippen molar-refractivity contribution in [3.8, 4) is 0 Å². The summed E-state index contributed by atoms with van der Waals surface area (Å²) in [6, 6.07) is 0. The number of thioether (sulfide) groups is 1. The van der Waals surface area contributed by atoms with Crippen molar-refractivity contribution in [1.29, 1.82) is 0 Å². The van der Waals surface area contributed by atoms with Gasteiger partial charge in [0.05, 0.1) is 11.2 Å². The molecule has 0 aromatic rings. The molecule has 2 amide bonds. The molecular weight excluding hydrogens is 440 g/mol. The molecule has 1 saturated heterocycles. The standard InChI is InChI=1S/C20H32N4O5S2/c1-4-29-11-5-8-21-16(25)12-23-13-22-19-17(20(23)26)18(15(3)30-19)31(27,28)24-9-6-14(2)7-10-24/h13-14,17,19H,4-12H2,1-3H3,(H,21,25). The van der Waals surface area contributed by atoms with E-state index in [1.54, 1.807) is 6.92 Å². The molecule has 0 spiro atoms. The number of amides is 2. The lowest BCUT2D eigenvalue weighted by Gasteiger charge is -2.33. The number of rotatable bonds is 9. The van der Waals surface area contributed by atoms with Crippen LogP contribution < -0.4 is 5.32 Å². The zero-order chi connectivity index (χ0) is 22.6. The van der Waals surface area contributed by atoms with Crippen molar-refractivity contribution in [3.05, 3.63) is 9.81 Å². The third kappa shape index (κ3) is 5.50. The molecule has 0 aromatic heterocycles. The molecule has 3 rings (SSSR count). The van der Waals surface area contributed by atoms with E-state index in [4.69, 9.17) is 4.74 Å². The summed E-state index contributed by atoms with van der Waals surface area (Å²) in [5.74, 6) is -1.09. The smallest absolute Gasteiger partial charge is 0.240 e. The predicted octanol–water partition coefficient (Wildman–Crippen LogP) is 1.38. The number of sulfonamides is 1. The molecule has 0 aromatic carbocycles. The number of hydrogen-bond donors (Lipinski definition) is 1. The van der Waals surface area contributed by atoms with E-state index in [1.807, 2.05) is 6.92 Å². The van der Waals surface area contributed by atoms with E-state index < -0.39 is 27.2 Å². The Bertz CT molecular complexity index is 850. The number of piperidine rings is 1. The van der Waals surface area contributed by atoms with E-state index in [2.05, 4.69) is 17.2 Å². The van der Waals surface area contributed by atoms with E-state index >= 15 is 0 Å². The number of nitrogens with zero attached hydrogens (tertiary/aromatic N) is 3. The van der Waals surface area contributed by atoms with Gasteiger partial charge in [0.2, 0.25) is 21.8 Å². The largest absolute Gasteiger partial charge is 0.382 e. The van der Waals surface area contributed by atoms with Crippen molar-refractivity contribution in [2.45, 2.75) is 45.4 Å². The average molecular weight is 473 g/mol. The van der Waals surface area contributed by atoms with Crippen molar-refractivity contribution in [3.63, 3.8) is 0 Å². The van der Waals surface area contributed by atoms with Gasteiger partial charge in [0.25, 0.3) is 0 Å². The van der Waals surface area contributed by atoms with Gasteiger partial charge in [-0.25, -0.2) is 8.42 Å². The van der Waals surface area contributed by atoms with Gasteiger partial charge >= 0.3 is 0 Å². The predicted molar refractivity (Wildman–Crippen MR) is 121 cm³/mol. The Morgan fingerprint density at radius 3 is 2.74 bits per heavy atom. The van der Waals surface area contributed by atoms with Crippen molar-refractivity contribution in [2.75, 3.05) is 39.4 Å². The maximum Gasteiger partial charge on any atom is 0.240 e. The van der Waals surface area contributed by atoms with Crippen LogP contribution in [0.3, 0.4) is 0 Å². The molecule has 0 radical (unpaired) electrons. The van der Waals surface area contributed by atoms with Crippen LogP contribution in [0.25, 0.3) is 0 Å². The summed E-state index contributed by atoms with van der Waals surface area (Å²) in [6.07, 6.45) is 3.67. The number of nitrogens with one attached hydrogen (secondary N) is 1. The van der Waals surface area contributed by atoms with Gasteiger partial charge in [0.1, 0.15) is 17.8 Å². The first-order valence-electron chi connectivity index (χ1n) is 10.8. The second kappa shape index (κ2) is 10.5. The van der Waals surface area contributed by atoms with Gasteiger partial charge in [-0.1, -0.05) is 6.92 Å². The minimum atomic E-state index is -3.76. The maximum absolute atomic E-state index is 13.4. The third-order valence-corrected chi connectivity index (χ3v) is 9.28. The van der Waals surface area contributed by atoms with Gasteiger partial charge in [0.15, 0.2) is 0 Å². The Kier molecular flexibility index (Phi) is 8.17. The lowest BCUT2D eigenvalue weighted by atomic mass is 10.0. The summed E-state index contributed by atoms with van der Waals surface area (Å²) in [4.78, 5) is 31.8. The highest BCUT2D eigenvalue weighted by molar-refractivity contribution is 8.05. The quantitative estimate of drug-likeness (QED) is 0.508. The molecular formula is C20H32N4O5S2. The molecule has 2 unspecified atom stereocenters. The highest BCUT2D eigenvalue weighted by Gasteiger charge is 2.50. The number of aliphatic imine (C=N–C) groups is 1. The number of allylic oxidation sites excluding steroid dienone is 1. The fourth-order valence-electron chi connectivity index (χ4n) is 3.97. The van der Waals surface area contributed by atoms with Crippen LogP contribution in [0, 0.1) is 11.8 Å². The summed E-state index contributed by atoms with van der Waals surface area (Å²) in [7, 11) is -3.76. The molecule has 3 aliphatic rings. The van der Waals surface area contributed by atoms with Crippen LogP contribution in [0.4, 0.5) is 0 Å². The molecule has 0 saturated carbocycles. The Balaban J connectivity index is 1.67. The van der Waals surface area contributed by atoms with E-state index in [-0.39, 0.29) is 17.4 Å². The Morgan fingerprint density at radius 1 is 1.35 bits per heavy atom. The number of ether oxygens (including phenoxy) is 1. The third-order valence-electron chi connectivity index (χ3n) is 5.78. The molecule has 1 N–H and O–H groups in total. The second-order valence-electron chi connectivity index (χ2n) is 8.12. The first-order valence-corrected chi connectivity index (χ1v) is 13.1. The van der Waals surface area contributed by atoms with E-state index in [1.165, 1.54) is 27.3 Å². The van der Waals surface area contributed by atoms with Crippen molar-refractivity contribution >= 4 is 39.9 Å². The van der Waals surface area contributed by atoms with Crippen LogP contribution in [0.15, 0.2) is 14.8 Å². The summed E-state index contributed by atoms with van der Waals surface area (Å²) in [5.41, 5.74) is 0. The Labute approximate surface area is 188 Å². The van der Waals surface area contributed by atoms with Gasteiger partial charge in [-0.3, -0.25) is 19.5 Å². The zero-order valence-electron chi connectivity index (χ0n) is 18.4. The number of fused-ring (bicyclic) bond motifs is 1. The monoisotopic (exact) mass is 472 g/mol. The van der Waals surface area contributed by atoms with E-state index in [0.717, 1.165) is 12.8 Å². The molecule has 0 bridgehead atoms. The molecule has 31 heavy (non-hydrogen) atoms. The fraction of sp³-hybridized carbons (Fsp3) is 0.750. The molecule has 9 nitrogen and oxygen atoms in total. The second-order valence-corrected chi connectivity index (χ2v) is 11.4. The molecule has 3 heterocycles. The minimum absolute atomic E-state index is 0.154. The minimum Gasteiger partial charge on any atom is -0.382 e. The Morgan fingerprint density at radius 2 is 2.06 bits per heavy atom. The average Bonchev–Trinajstić information content (AvgIpc) is 3.08. The van der Waals surface area contributed by atoms with Gasteiger partial charge in [-0.2, -0.15) is 4.31 Å². The fourth-order valence-corrected chi connectivity index (χ4v) is 7.51. The number of carbonyl (C=O) groups is 2. The van der Waals surface area contributed by atoms with Gasteiger partial charge in [-0.15, -0.1) is 11.8 Å². The highest BCUT2D eigenvalue weighted by atomic mass is 32.2. The first kappa shape index (κ1) is 24.2. The lowest BCUT2D eigenvalue weighted by Crippen LogP contribution is -2.49. The lowest BCUT2D eigenvalue weighted by molar-refractivity contribution is -0.134. The summed E-state index contributed by atoms with van der Waals surface area (Å²) < 4.78 is 33.5.